The predicted octanol–water partition coefficient (Wildman–Crippen LogP) is 1.94. The highest BCUT2D eigenvalue weighted by Crippen LogP contribution is 2.07. The van der Waals surface area contributed by atoms with Gasteiger partial charge in [-0.25, -0.2) is 0 Å². The highest BCUT2D eigenvalue weighted by Gasteiger charge is 2.08. The van der Waals surface area contributed by atoms with Crippen LogP contribution in [0.4, 0.5) is 0 Å². The van der Waals surface area contributed by atoms with E-state index in [2.05, 4.69) is 45.3 Å². The van der Waals surface area contributed by atoms with Crippen LogP contribution in [0.3, 0.4) is 0 Å². The Morgan fingerprint density at radius 2 is 1.89 bits per heavy atom. The lowest BCUT2D eigenvalue weighted by Crippen LogP contribution is -2.39. The molecule has 0 aromatic heterocycles. The number of hydrogen-bond donors (Lipinski definition) is 2. The molecule has 0 heterocycles. The minimum absolute atomic E-state index is 0.0662. The van der Waals surface area contributed by atoms with E-state index in [0.717, 1.165) is 13.0 Å². The van der Waals surface area contributed by atoms with Crippen LogP contribution in [-0.4, -0.2) is 37.7 Å². The Kier molecular flexibility index (Phi) is 9.98. The Balaban J connectivity index is 3.53. The lowest BCUT2D eigenvalue weighted by atomic mass is 10.1. The second kappa shape index (κ2) is 10.3. The molecule has 0 aliphatic rings. The molecule has 0 radical (unpaired) electrons. The molecule has 2 atom stereocenters. The third-order valence-corrected chi connectivity index (χ3v) is 2.69. The quantitative estimate of drug-likeness (QED) is 0.629. The average molecular weight is 258 g/mol. The first-order chi connectivity index (χ1) is 8.45. The molecule has 4 nitrogen and oxygen atoms in total. The van der Waals surface area contributed by atoms with Gasteiger partial charge in [-0.15, -0.1) is 0 Å². The highest BCUT2D eigenvalue weighted by atomic mass is 16.5. The summed E-state index contributed by atoms with van der Waals surface area (Å²) in [5, 5.41) is 6.15. The van der Waals surface area contributed by atoms with Crippen LogP contribution < -0.4 is 10.6 Å². The summed E-state index contributed by atoms with van der Waals surface area (Å²) in [5.41, 5.74) is 0. The van der Waals surface area contributed by atoms with Gasteiger partial charge in [0.15, 0.2) is 0 Å². The minimum atomic E-state index is 0.0662. The van der Waals surface area contributed by atoms with Crippen molar-refractivity contribution in [3.63, 3.8) is 0 Å². The molecule has 2 N–H and O–H groups in total. The summed E-state index contributed by atoms with van der Waals surface area (Å²) in [4.78, 5) is 11.5. The SMILES string of the molecule is CCN[C@H](C)CNC(=O)CCOC(C)CC(C)C. The molecule has 0 aromatic carbocycles. The summed E-state index contributed by atoms with van der Waals surface area (Å²) in [5.74, 6) is 0.700. The zero-order valence-electron chi connectivity index (χ0n) is 12.6. The van der Waals surface area contributed by atoms with E-state index in [-0.39, 0.29) is 12.0 Å². The van der Waals surface area contributed by atoms with E-state index in [9.17, 15) is 4.79 Å². The molecule has 0 aromatic rings. The molecule has 0 aliphatic heterocycles. The van der Waals surface area contributed by atoms with E-state index in [1.165, 1.54) is 0 Å². The number of hydrogen-bond acceptors (Lipinski definition) is 3. The zero-order chi connectivity index (χ0) is 14.0. The number of likely N-dealkylation sites (N-methyl/N-ethyl adjacent to an activating group) is 1. The largest absolute Gasteiger partial charge is 0.378 e. The molecule has 1 amide bonds. The van der Waals surface area contributed by atoms with E-state index in [0.29, 0.717) is 31.5 Å². The Morgan fingerprint density at radius 1 is 1.22 bits per heavy atom. The maximum absolute atomic E-state index is 11.5. The normalized spacial score (nSPS) is 14.6. The fourth-order valence-electron chi connectivity index (χ4n) is 1.86. The zero-order valence-corrected chi connectivity index (χ0v) is 12.6. The van der Waals surface area contributed by atoms with Crippen molar-refractivity contribution in [3.8, 4) is 0 Å². The monoisotopic (exact) mass is 258 g/mol. The molecule has 0 rings (SSSR count). The van der Waals surface area contributed by atoms with Crippen molar-refractivity contribution in [2.45, 2.75) is 59.6 Å². The third kappa shape index (κ3) is 10.5. The molecule has 0 fully saturated rings. The van der Waals surface area contributed by atoms with Crippen LogP contribution >= 0.6 is 0 Å². The van der Waals surface area contributed by atoms with E-state index < -0.39 is 0 Å². The Labute approximate surface area is 112 Å². The lowest BCUT2D eigenvalue weighted by Gasteiger charge is -2.16. The van der Waals surface area contributed by atoms with Gasteiger partial charge in [0.25, 0.3) is 0 Å². The van der Waals surface area contributed by atoms with Crippen LogP contribution in [0.1, 0.15) is 47.5 Å². The van der Waals surface area contributed by atoms with Crippen molar-refractivity contribution >= 4 is 5.91 Å². The Hall–Kier alpha value is -0.610. The van der Waals surface area contributed by atoms with Crippen molar-refractivity contribution in [3.05, 3.63) is 0 Å². The Bertz CT molecular complexity index is 220. The standard InChI is InChI=1S/C14H30N2O2/c1-6-15-12(4)10-16-14(17)7-8-18-13(5)9-11(2)3/h11-13,15H,6-10H2,1-5H3,(H,16,17)/t12-,13?/m1/s1. The average Bonchev–Trinajstić information content (AvgIpc) is 2.25. The van der Waals surface area contributed by atoms with Crippen LogP contribution in [0.15, 0.2) is 0 Å². The van der Waals surface area contributed by atoms with Crippen LogP contribution in [0.25, 0.3) is 0 Å². The molecule has 1 unspecified atom stereocenters. The summed E-state index contributed by atoms with van der Waals surface area (Å²) in [6.07, 6.45) is 1.72. The van der Waals surface area contributed by atoms with Crippen LogP contribution in [0, 0.1) is 5.92 Å². The predicted molar refractivity (Wildman–Crippen MR) is 75.6 cm³/mol. The van der Waals surface area contributed by atoms with Gasteiger partial charge >= 0.3 is 0 Å². The van der Waals surface area contributed by atoms with Gasteiger partial charge in [0.1, 0.15) is 0 Å². The topological polar surface area (TPSA) is 50.4 Å². The fraction of sp³-hybridized carbons (Fsp3) is 0.929. The third-order valence-electron chi connectivity index (χ3n) is 2.69. The minimum Gasteiger partial charge on any atom is -0.378 e. The molecule has 0 saturated heterocycles. The van der Waals surface area contributed by atoms with Crippen LogP contribution in [0.2, 0.25) is 0 Å². The molecule has 4 heteroatoms. The lowest BCUT2D eigenvalue weighted by molar-refractivity contribution is -0.122. The summed E-state index contributed by atoms with van der Waals surface area (Å²) in [7, 11) is 0. The van der Waals surface area contributed by atoms with Crippen molar-refractivity contribution in [1.82, 2.24) is 10.6 Å². The molecule has 0 bridgehead atoms. The van der Waals surface area contributed by atoms with Crippen molar-refractivity contribution < 1.29 is 9.53 Å². The van der Waals surface area contributed by atoms with Gasteiger partial charge in [-0.05, 0) is 32.7 Å². The number of ether oxygens (including phenoxy) is 1. The van der Waals surface area contributed by atoms with Crippen molar-refractivity contribution in [2.75, 3.05) is 19.7 Å². The number of nitrogens with one attached hydrogen (secondary N) is 2. The van der Waals surface area contributed by atoms with Crippen LogP contribution in [0.5, 0.6) is 0 Å². The number of carbonyl (C=O) groups is 1. The Morgan fingerprint density at radius 3 is 2.44 bits per heavy atom. The molecule has 0 aliphatic carbocycles. The van der Waals surface area contributed by atoms with Gasteiger partial charge in [0.2, 0.25) is 5.91 Å². The van der Waals surface area contributed by atoms with Gasteiger partial charge < -0.3 is 15.4 Å². The van der Waals surface area contributed by atoms with E-state index in [4.69, 9.17) is 4.74 Å². The number of carbonyl (C=O) groups excluding carboxylic acids is 1. The first kappa shape index (κ1) is 17.4. The van der Waals surface area contributed by atoms with Crippen LogP contribution in [-0.2, 0) is 9.53 Å². The fourth-order valence-corrected chi connectivity index (χ4v) is 1.86. The summed E-state index contributed by atoms with van der Waals surface area (Å²) >= 11 is 0. The van der Waals surface area contributed by atoms with Gasteiger partial charge in [0.05, 0.1) is 12.7 Å². The van der Waals surface area contributed by atoms with Gasteiger partial charge in [0, 0.05) is 19.0 Å². The summed E-state index contributed by atoms with van der Waals surface area (Å²) < 4.78 is 5.60. The van der Waals surface area contributed by atoms with Crippen molar-refractivity contribution in [2.24, 2.45) is 5.92 Å². The first-order valence-corrected chi connectivity index (χ1v) is 7.07. The highest BCUT2D eigenvalue weighted by molar-refractivity contribution is 5.75. The smallest absolute Gasteiger partial charge is 0.222 e. The van der Waals surface area contributed by atoms with Gasteiger partial charge in [-0.2, -0.15) is 0 Å². The molecular weight excluding hydrogens is 228 g/mol. The van der Waals surface area contributed by atoms with Gasteiger partial charge in [-0.1, -0.05) is 20.8 Å². The second-order valence-corrected chi connectivity index (χ2v) is 5.32. The van der Waals surface area contributed by atoms with E-state index in [1.807, 2.05) is 0 Å². The molecule has 108 valence electrons. The summed E-state index contributed by atoms with van der Waals surface area (Å²) in [6, 6.07) is 0.319. The summed E-state index contributed by atoms with van der Waals surface area (Å²) in [6.45, 7) is 12.6. The molecular formula is C14H30N2O2. The molecule has 18 heavy (non-hydrogen) atoms. The maximum Gasteiger partial charge on any atom is 0.222 e. The molecule has 0 saturated carbocycles. The van der Waals surface area contributed by atoms with Crippen molar-refractivity contribution in [1.29, 1.82) is 0 Å². The first-order valence-electron chi connectivity index (χ1n) is 7.07. The maximum atomic E-state index is 11.5. The molecule has 0 spiro atoms. The van der Waals surface area contributed by atoms with Gasteiger partial charge in [-0.3, -0.25) is 4.79 Å². The number of amides is 1. The second-order valence-electron chi connectivity index (χ2n) is 5.32. The van der Waals surface area contributed by atoms with E-state index in [1.54, 1.807) is 0 Å². The van der Waals surface area contributed by atoms with E-state index >= 15 is 0 Å². The number of rotatable bonds is 10.